The van der Waals surface area contributed by atoms with Gasteiger partial charge < -0.3 is 19.3 Å². The van der Waals surface area contributed by atoms with Gasteiger partial charge in [-0.2, -0.15) is 13.2 Å². The molecule has 0 aliphatic rings. The van der Waals surface area contributed by atoms with E-state index in [1.807, 2.05) is 38.0 Å². The molecule has 1 aromatic carbocycles. The van der Waals surface area contributed by atoms with Crippen molar-refractivity contribution >= 4 is 29.9 Å². The van der Waals surface area contributed by atoms with Crippen LogP contribution < -0.4 is 9.47 Å². The first-order chi connectivity index (χ1) is 10.6. The van der Waals surface area contributed by atoms with Crippen LogP contribution in [0.2, 0.25) is 0 Å². The van der Waals surface area contributed by atoms with Crippen molar-refractivity contribution in [3.8, 4) is 11.5 Å². The van der Waals surface area contributed by atoms with E-state index in [-0.39, 0.29) is 35.5 Å². The summed E-state index contributed by atoms with van der Waals surface area (Å²) in [6.45, 7) is -0.978. The molecule has 0 radical (unpaired) electrons. The Morgan fingerprint density at radius 2 is 1.67 bits per heavy atom. The summed E-state index contributed by atoms with van der Waals surface area (Å²) >= 11 is 0. The third-order valence-electron chi connectivity index (χ3n) is 2.82. The van der Waals surface area contributed by atoms with Gasteiger partial charge in [0.1, 0.15) is 0 Å². The number of halogens is 4. The van der Waals surface area contributed by atoms with Crippen LogP contribution in [0.5, 0.6) is 11.5 Å². The summed E-state index contributed by atoms with van der Waals surface area (Å²) in [6.07, 6.45) is -4.39. The van der Waals surface area contributed by atoms with Gasteiger partial charge in [-0.25, -0.2) is 4.99 Å². The molecule has 0 saturated heterocycles. The van der Waals surface area contributed by atoms with Crippen LogP contribution >= 0.6 is 24.0 Å². The molecular formula is C15H23F3IN3O2. The van der Waals surface area contributed by atoms with E-state index in [1.54, 1.807) is 12.1 Å². The fourth-order valence-electron chi connectivity index (χ4n) is 1.93. The molecule has 0 bridgehead atoms. The number of hydrogen-bond donors (Lipinski definition) is 0. The van der Waals surface area contributed by atoms with Gasteiger partial charge in [0.15, 0.2) is 24.1 Å². The lowest BCUT2D eigenvalue weighted by Gasteiger charge is -2.22. The highest BCUT2D eigenvalue weighted by Crippen LogP contribution is 2.30. The number of rotatable bonds is 5. The van der Waals surface area contributed by atoms with Gasteiger partial charge in [-0.05, 0) is 17.7 Å². The van der Waals surface area contributed by atoms with Crippen LogP contribution in [-0.4, -0.2) is 63.8 Å². The average molecular weight is 461 g/mol. The highest BCUT2D eigenvalue weighted by molar-refractivity contribution is 14.0. The fraction of sp³-hybridized carbons (Fsp3) is 0.533. The Labute approximate surface area is 157 Å². The van der Waals surface area contributed by atoms with Crippen LogP contribution in [0.25, 0.3) is 0 Å². The van der Waals surface area contributed by atoms with E-state index < -0.39 is 12.8 Å². The SMILES string of the molecule is COc1cc(CN=C(N(C)C)N(C)C)ccc1OCC(F)(F)F.I. The van der Waals surface area contributed by atoms with E-state index in [1.165, 1.54) is 13.2 Å². The Kier molecular flexibility index (Phi) is 9.23. The number of aliphatic imine (C=N–C) groups is 1. The summed E-state index contributed by atoms with van der Waals surface area (Å²) in [5.41, 5.74) is 0.808. The van der Waals surface area contributed by atoms with E-state index in [0.29, 0.717) is 6.54 Å². The third-order valence-corrected chi connectivity index (χ3v) is 2.82. The first kappa shape index (κ1) is 22.6. The van der Waals surface area contributed by atoms with Crippen molar-refractivity contribution in [2.75, 3.05) is 41.9 Å². The number of nitrogens with zero attached hydrogens (tertiary/aromatic N) is 3. The van der Waals surface area contributed by atoms with Crippen LogP contribution in [-0.2, 0) is 6.54 Å². The van der Waals surface area contributed by atoms with Crippen molar-refractivity contribution in [1.82, 2.24) is 9.80 Å². The minimum atomic E-state index is -4.39. The van der Waals surface area contributed by atoms with E-state index in [4.69, 9.17) is 9.47 Å². The molecule has 0 aromatic heterocycles. The van der Waals surface area contributed by atoms with Gasteiger partial charge >= 0.3 is 6.18 Å². The molecule has 0 unspecified atom stereocenters. The second-order valence-electron chi connectivity index (χ2n) is 5.29. The largest absolute Gasteiger partial charge is 0.493 e. The molecule has 24 heavy (non-hydrogen) atoms. The minimum absolute atomic E-state index is 0. The summed E-state index contributed by atoms with van der Waals surface area (Å²) in [5.74, 6) is 1.08. The number of alkyl halides is 3. The van der Waals surface area contributed by atoms with Crippen LogP contribution in [0.4, 0.5) is 13.2 Å². The van der Waals surface area contributed by atoms with Crippen molar-refractivity contribution < 1.29 is 22.6 Å². The van der Waals surface area contributed by atoms with Gasteiger partial charge in [-0.3, -0.25) is 0 Å². The molecule has 0 saturated carbocycles. The van der Waals surface area contributed by atoms with Crippen molar-refractivity contribution in [2.45, 2.75) is 12.7 Å². The summed E-state index contributed by atoms with van der Waals surface area (Å²) in [5, 5.41) is 0. The molecule has 0 fully saturated rings. The first-order valence-electron chi connectivity index (χ1n) is 6.89. The Balaban J connectivity index is 0.00000529. The maximum atomic E-state index is 12.2. The zero-order chi connectivity index (χ0) is 17.6. The van der Waals surface area contributed by atoms with Crippen LogP contribution in [0.15, 0.2) is 23.2 Å². The van der Waals surface area contributed by atoms with Gasteiger partial charge in [0, 0.05) is 28.2 Å². The van der Waals surface area contributed by atoms with Crippen molar-refractivity contribution in [2.24, 2.45) is 4.99 Å². The molecule has 5 nitrogen and oxygen atoms in total. The Hall–Kier alpha value is -1.39. The number of guanidine groups is 1. The molecule has 0 aliphatic heterocycles. The molecule has 0 aliphatic carbocycles. The molecule has 0 atom stereocenters. The van der Waals surface area contributed by atoms with Gasteiger partial charge in [-0.1, -0.05) is 6.07 Å². The number of benzene rings is 1. The molecule has 0 heterocycles. The molecular weight excluding hydrogens is 438 g/mol. The van der Waals surface area contributed by atoms with Gasteiger partial charge in [0.05, 0.1) is 13.7 Å². The Morgan fingerprint density at radius 1 is 1.08 bits per heavy atom. The standard InChI is InChI=1S/C15H22F3N3O2.HI/c1-20(2)14(21(3)4)19-9-11-6-7-12(13(8-11)22-5)23-10-15(16,17)18;/h6-8H,9-10H2,1-5H3;1H. The van der Waals surface area contributed by atoms with Crippen molar-refractivity contribution in [3.63, 3.8) is 0 Å². The number of hydrogen-bond acceptors (Lipinski definition) is 3. The van der Waals surface area contributed by atoms with E-state index >= 15 is 0 Å². The number of methoxy groups -OCH3 is 1. The smallest absolute Gasteiger partial charge is 0.422 e. The summed E-state index contributed by atoms with van der Waals surface area (Å²) in [6, 6.07) is 4.75. The average Bonchev–Trinajstić information content (AvgIpc) is 2.44. The molecule has 1 aromatic rings. The van der Waals surface area contributed by atoms with Gasteiger partial charge in [0.25, 0.3) is 0 Å². The fourth-order valence-corrected chi connectivity index (χ4v) is 1.93. The molecule has 0 N–H and O–H groups in total. The highest BCUT2D eigenvalue weighted by Gasteiger charge is 2.29. The van der Waals surface area contributed by atoms with Crippen molar-refractivity contribution in [3.05, 3.63) is 23.8 Å². The van der Waals surface area contributed by atoms with Crippen molar-refractivity contribution in [1.29, 1.82) is 0 Å². The normalized spacial score (nSPS) is 10.5. The highest BCUT2D eigenvalue weighted by atomic mass is 127. The van der Waals surface area contributed by atoms with Crippen LogP contribution in [0.3, 0.4) is 0 Å². The maximum absolute atomic E-state index is 12.2. The first-order valence-corrected chi connectivity index (χ1v) is 6.89. The Bertz CT molecular complexity index is 539. The lowest BCUT2D eigenvalue weighted by Crippen LogP contribution is -2.35. The summed E-state index contributed by atoms with van der Waals surface area (Å²) in [7, 11) is 8.91. The van der Waals surface area contributed by atoms with E-state index in [9.17, 15) is 13.2 Å². The predicted molar refractivity (Wildman–Crippen MR) is 98.5 cm³/mol. The quantitative estimate of drug-likeness (QED) is 0.384. The topological polar surface area (TPSA) is 37.3 Å². The molecule has 0 amide bonds. The van der Waals surface area contributed by atoms with E-state index in [0.717, 1.165) is 11.5 Å². The van der Waals surface area contributed by atoms with Gasteiger partial charge in [-0.15, -0.1) is 24.0 Å². The Morgan fingerprint density at radius 3 is 2.12 bits per heavy atom. The zero-order valence-corrected chi connectivity index (χ0v) is 16.7. The summed E-state index contributed by atoms with van der Waals surface area (Å²) < 4.78 is 46.5. The monoisotopic (exact) mass is 461 g/mol. The summed E-state index contributed by atoms with van der Waals surface area (Å²) in [4.78, 5) is 8.22. The van der Waals surface area contributed by atoms with Crippen LogP contribution in [0, 0.1) is 0 Å². The zero-order valence-electron chi connectivity index (χ0n) is 14.3. The second-order valence-corrected chi connectivity index (χ2v) is 5.29. The van der Waals surface area contributed by atoms with E-state index in [2.05, 4.69) is 4.99 Å². The maximum Gasteiger partial charge on any atom is 0.422 e. The van der Waals surface area contributed by atoms with Crippen LogP contribution in [0.1, 0.15) is 5.56 Å². The molecule has 138 valence electrons. The number of ether oxygens (including phenoxy) is 2. The predicted octanol–water partition coefficient (Wildman–Crippen LogP) is 3.23. The third kappa shape index (κ3) is 7.45. The molecule has 9 heteroatoms. The molecule has 1 rings (SSSR count). The minimum Gasteiger partial charge on any atom is -0.493 e. The van der Waals surface area contributed by atoms with Gasteiger partial charge in [0.2, 0.25) is 0 Å². The lowest BCUT2D eigenvalue weighted by atomic mass is 10.2. The lowest BCUT2D eigenvalue weighted by molar-refractivity contribution is -0.153. The molecule has 0 spiro atoms. The second kappa shape index (κ2) is 9.80.